The van der Waals surface area contributed by atoms with Crippen LogP contribution in [-0.2, 0) is 0 Å². The van der Waals surface area contributed by atoms with Crippen LogP contribution in [0.2, 0.25) is 0 Å². The van der Waals surface area contributed by atoms with Crippen LogP contribution in [0.15, 0.2) is 16.9 Å². The van der Waals surface area contributed by atoms with Crippen LogP contribution < -0.4 is 5.73 Å². The Bertz CT molecular complexity index is 222. The van der Waals surface area contributed by atoms with E-state index in [1.165, 1.54) is 0 Å². The monoisotopic (exact) mass is 185 g/mol. The van der Waals surface area contributed by atoms with Gasteiger partial charge >= 0.3 is 0 Å². The molecule has 0 amide bonds. The van der Waals surface area contributed by atoms with E-state index in [1.807, 2.05) is 0 Å². The standard InChI is InChI=1S/C6H6BrN2/c1-4-2-5(8)6(7)9-3-4/h2-3H,1,8H2. The van der Waals surface area contributed by atoms with Crippen molar-refractivity contribution in [2.24, 2.45) is 0 Å². The van der Waals surface area contributed by atoms with Crippen LogP contribution in [0, 0.1) is 6.92 Å². The molecule has 0 unspecified atom stereocenters. The lowest BCUT2D eigenvalue weighted by atomic mass is 10.3. The van der Waals surface area contributed by atoms with Crippen LogP contribution >= 0.6 is 15.9 Å². The number of halogens is 1. The van der Waals surface area contributed by atoms with Gasteiger partial charge in [0.25, 0.3) is 0 Å². The minimum absolute atomic E-state index is 0.627. The van der Waals surface area contributed by atoms with Crippen molar-refractivity contribution in [3.63, 3.8) is 0 Å². The molecule has 0 atom stereocenters. The molecule has 0 saturated heterocycles. The molecule has 1 rings (SSSR count). The average Bonchev–Trinajstić information content (AvgIpc) is 1.80. The van der Waals surface area contributed by atoms with Gasteiger partial charge in [-0.1, -0.05) is 0 Å². The summed E-state index contributed by atoms with van der Waals surface area (Å²) in [4.78, 5) is 3.91. The van der Waals surface area contributed by atoms with Gasteiger partial charge in [-0.2, -0.15) is 0 Å². The minimum Gasteiger partial charge on any atom is -0.397 e. The van der Waals surface area contributed by atoms with Crippen molar-refractivity contribution in [3.8, 4) is 0 Å². The van der Waals surface area contributed by atoms with Gasteiger partial charge in [-0.3, -0.25) is 0 Å². The first-order chi connectivity index (χ1) is 4.20. The summed E-state index contributed by atoms with van der Waals surface area (Å²) in [5.41, 5.74) is 6.93. The normalized spacial score (nSPS) is 9.56. The van der Waals surface area contributed by atoms with Gasteiger partial charge in [-0.15, -0.1) is 0 Å². The molecule has 0 bridgehead atoms. The third-order valence-corrected chi connectivity index (χ3v) is 1.59. The highest BCUT2D eigenvalue weighted by Crippen LogP contribution is 2.15. The van der Waals surface area contributed by atoms with Crippen molar-refractivity contribution in [2.75, 3.05) is 5.73 Å². The molecule has 1 aromatic rings. The van der Waals surface area contributed by atoms with E-state index in [0.717, 1.165) is 5.56 Å². The van der Waals surface area contributed by atoms with Crippen molar-refractivity contribution in [1.29, 1.82) is 0 Å². The Labute approximate surface area is 62.2 Å². The van der Waals surface area contributed by atoms with Gasteiger partial charge in [0.15, 0.2) is 0 Å². The van der Waals surface area contributed by atoms with Gasteiger partial charge in [0.2, 0.25) is 0 Å². The van der Waals surface area contributed by atoms with Crippen molar-refractivity contribution in [1.82, 2.24) is 4.98 Å². The molecule has 0 saturated carbocycles. The van der Waals surface area contributed by atoms with Gasteiger partial charge in [0.1, 0.15) is 4.60 Å². The van der Waals surface area contributed by atoms with E-state index in [0.29, 0.717) is 10.3 Å². The predicted octanol–water partition coefficient (Wildman–Crippen LogP) is 1.61. The number of pyridine rings is 1. The Morgan fingerprint density at radius 1 is 1.67 bits per heavy atom. The summed E-state index contributed by atoms with van der Waals surface area (Å²) in [7, 11) is 0. The molecule has 2 nitrogen and oxygen atoms in total. The summed E-state index contributed by atoms with van der Waals surface area (Å²) in [5.74, 6) is 0. The van der Waals surface area contributed by atoms with Crippen LogP contribution in [0.5, 0.6) is 0 Å². The zero-order valence-electron chi connectivity index (χ0n) is 4.76. The summed E-state index contributed by atoms with van der Waals surface area (Å²) >= 11 is 3.17. The fourth-order valence-corrected chi connectivity index (χ4v) is 0.728. The molecular weight excluding hydrogens is 180 g/mol. The maximum Gasteiger partial charge on any atom is 0.128 e. The average molecular weight is 186 g/mol. The first-order valence-corrected chi connectivity index (χ1v) is 3.22. The SMILES string of the molecule is [CH2]c1cnc(Br)c(N)c1. The molecule has 3 heteroatoms. The van der Waals surface area contributed by atoms with Gasteiger partial charge in [0, 0.05) is 6.20 Å². The first-order valence-electron chi connectivity index (χ1n) is 2.43. The fraction of sp³-hybridized carbons (Fsp3) is 0. The third-order valence-electron chi connectivity index (χ3n) is 0.923. The zero-order chi connectivity index (χ0) is 6.85. The van der Waals surface area contributed by atoms with Crippen LogP contribution in [0.1, 0.15) is 5.56 Å². The maximum atomic E-state index is 5.47. The Morgan fingerprint density at radius 2 is 2.33 bits per heavy atom. The quantitative estimate of drug-likeness (QED) is 0.625. The highest BCUT2D eigenvalue weighted by atomic mass is 79.9. The molecule has 9 heavy (non-hydrogen) atoms. The van der Waals surface area contributed by atoms with Gasteiger partial charge in [-0.25, -0.2) is 4.98 Å². The number of nitrogens with zero attached hydrogens (tertiary/aromatic N) is 1. The van der Waals surface area contributed by atoms with E-state index in [2.05, 4.69) is 27.8 Å². The van der Waals surface area contributed by atoms with Crippen molar-refractivity contribution in [2.45, 2.75) is 0 Å². The number of hydrogen-bond acceptors (Lipinski definition) is 2. The van der Waals surface area contributed by atoms with Crippen molar-refractivity contribution < 1.29 is 0 Å². The zero-order valence-corrected chi connectivity index (χ0v) is 6.35. The third kappa shape index (κ3) is 1.42. The first kappa shape index (κ1) is 6.55. The second-order valence-electron chi connectivity index (χ2n) is 1.72. The van der Waals surface area contributed by atoms with E-state index in [9.17, 15) is 0 Å². The van der Waals surface area contributed by atoms with Crippen LogP contribution in [0.3, 0.4) is 0 Å². The van der Waals surface area contributed by atoms with Gasteiger partial charge < -0.3 is 5.73 Å². The molecule has 1 radical (unpaired) electrons. The minimum atomic E-state index is 0.627. The lowest BCUT2D eigenvalue weighted by Crippen LogP contribution is -1.89. The number of aromatic nitrogens is 1. The molecule has 1 heterocycles. The fourth-order valence-electron chi connectivity index (χ4n) is 0.511. The lowest BCUT2D eigenvalue weighted by molar-refractivity contribution is 1.26. The molecular formula is C6H6BrN2. The topological polar surface area (TPSA) is 38.9 Å². The number of nitrogens with two attached hydrogens (primary N) is 1. The maximum absolute atomic E-state index is 5.47. The number of anilines is 1. The molecule has 2 N–H and O–H groups in total. The van der Waals surface area contributed by atoms with Gasteiger partial charge in [-0.05, 0) is 34.5 Å². The van der Waals surface area contributed by atoms with E-state index >= 15 is 0 Å². The summed E-state index contributed by atoms with van der Waals surface area (Å²) in [6.07, 6.45) is 1.65. The highest BCUT2D eigenvalue weighted by Gasteiger charge is 1.93. The summed E-state index contributed by atoms with van der Waals surface area (Å²) < 4.78 is 0.676. The summed E-state index contributed by atoms with van der Waals surface area (Å²) in [5, 5.41) is 0. The molecule has 47 valence electrons. The second-order valence-corrected chi connectivity index (χ2v) is 2.47. The smallest absolute Gasteiger partial charge is 0.128 e. The molecule has 0 aliphatic heterocycles. The molecule has 0 aromatic carbocycles. The Hall–Kier alpha value is -0.570. The van der Waals surface area contributed by atoms with Crippen molar-refractivity contribution >= 4 is 21.6 Å². The number of rotatable bonds is 0. The van der Waals surface area contributed by atoms with E-state index in [-0.39, 0.29) is 0 Å². The highest BCUT2D eigenvalue weighted by molar-refractivity contribution is 9.10. The summed E-state index contributed by atoms with van der Waals surface area (Å²) in [6, 6.07) is 1.76. The van der Waals surface area contributed by atoms with Crippen LogP contribution in [0.25, 0.3) is 0 Å². The van der Waals surface area contributed by atoms with Crippen LogP contribution in [-0.4, -0.2) is 4.98 Å². The number of hydrogen-bond donors (Lipinski definition) is 1. The molecule has 0 spiro atoms. The lowest BCUT2D eigenvalue weighted by Gasteiger charge is -1.95. The number of nitrogen functional groups attached to an aromatic ring is 1. The van der Waals surface area contributed by atoms with E-state index in [1.54, 1.807) is 12.3 Å². The van der Waals surface area contributed by atoms with E-state index < -0.39 is 0 Å². The Morgan fingerprint density at radius 3 is 2.78 bits per heavy atom. The van der Waals surface area contributed by atoms with E-state index in [4.69, 9.17) is 5.73 Å². The second kappa shape index (κ2) is 2.35. The van der Waals surface area contributed by atoms with Crippen LogP contribution in [0.4, 0.5) is 5.69 Å². The molecule has 1 aromatic heterocycles. The Balaban J connectivity index is 3.17. The largest absolute Gasteiger partial charge is 0.397 e. The van der Waals surface area contributed by atoms with Crippen molar-refractivity contribution in [3.05, 3.63) is 29.4 Å². The molecule has 0 aliphatic rings. The summed E-state index contributed by atoms with van der Waals surface area (Å²) in [6.45, 7) is 3.66. The van der Waals surface area contributed by atoms with Gasteiger partial charge in [0.05, 0.1) is 5.69 Å². The molecule has 0 aliphatic carbocycles. The molecule has 0 fully saturated rings. The Kier molecular flexibility index (Phi) is 1.71. The predicted molar refractivity (Wildman–Crippen MR) is 40.8 cm³/mol.